The van der Waals surface area contributed by atoms with Crippen LogP contribution in [-0.2, 0) is 24.3 Å². The SMILES string of the molecule is Cc1ccc(S(=O)(=O)NC(=O)C(CCCCCNC(=O)CNC(=O)OC(C)(C)C)c2ccc3ccccc3c2)cc1. The van der Waals surface area contributed by atoms with E-state index in [1.807, 2.05) is 49.4 Å². The van der Waals surface area contributed by atoms with Crippen molar-refractivity contribution in [3.8, 4) is 0 Å². The van der Waals surface area contributed by atoms with E-state index in [9.17, 15) is 22.8 Å². The van der Waals surface area contributed by atoms with Crippen LogP contribution in [0.15, 0.2) is 71.6 Å². The zero-order valence-corrected chi connectivity index (χ0v) is 24.8. The van der Waals surface area contributed by atoms with Gasteiger partial charge in [0.25, 0.3) is 10.0 Å². The van der Waals surface area contributed by atoms with Crippen LogP contribution in [0.2, 0.25) is 0 Å². The number of aryl methyl sites for hydroxylation is 1. The van der Waals surface area contributed by atoms with Crippen molar-refractivity contribution in [1.29, 1.82) is 0 Å². The molecule has 1 unspecified atom stereocenters. The molecule has 10 heteroatoms. The van der Waals surface area contributed by atoms with E-state index in [1.54, 1.807) is 32.9 Å². The molecule has 1 atom stereocenters. The van der Waals surface area contributed by atoms with Gasteiger partial charge in [-0.05, 0) is 69.0 Å². The number of nitrogens with one attached hydrogen (secondary N) is 3. The van der Waals surface area contributed by atoms with E-state index >= 15 is 0 Å². The average Bonchev–Trinajstić information content (AvgIpc) is 2.90. The van der Waals surface area contributed by atoms with Crippen molar-refractivity contribution < 1.29 is 27.5 Å². The van der Waals surface area contributed by atoms with Crippen molar-refractivity contribution in [2.24, 2.45) is 0 Å². The van der Waals surface area contributed by atoms with E-state index in [4.69, 9.17) is 4.74 Å². The Morgan fingerprint density at radius 2 is 1.54 bits per heavy atom. The molecular weight excluding hydrogens is 542 g/mol. The van der Waals surface area contributed by atoms with Gasteiger partial charge in [-0.2, -0.15) is 0 Å². The monoisotopic (exact) mass is 581 g/mol. The Bertz CT molecular complexity index is 1460. The fourth-order valence-electron chi connectivity index (χ4n) is 4.26. The van der Waals surface area contributed by atoms with Gasteiger partial charge >= 0.3 is 6.09 Å². The number of fused-ring (bicyclic) bond motifs is 1. The van der Waals surface area contributed by atoms with E-state index in [1.165, 1.54) is 12.1 Å². The lowest BCUT2D eigenvalue weighted by Gasteiger charge is -2.19. The van der Waals surface area contributed by atoms with Crippen LogP contribution in [0.3, 0.4) is 0 Å². The number of ether oxygens (including phenoxy) is 1. The minimum atomic E-state index is -4.03. The van der Waals surface area contributed by atoms with Gasteiger partial charge in [0.05, 0.1) is 17.4 Å². The molecule has 0 aliphatic heterocycles. The topological polar surface area (TPSA) is 131 Å². The molecule has 3 N–H and O–H groups in total. The van der Waals surface area contributed by atoms with Crippen LogP contribution >= 0.6 is 0 Å². The molecule has 0 fully saturated rings. The zero-order chi connectivity index (χ0) is 30.0. The van der Waals surface area contributed by atoms with Crippen LogP contribution in [0, 0.1) is 6.92 Å². The van der Waals surface area contributed by atoms with E-state index in [0.29, 0.717) is 32.2 Å². The quantitative estimate of drug-likeness (QED) is 0.260. The Hall–Kier alpha value is -3.92. The molecule has 3 aromatic rings. The van der Waals surface area contributed by atoms with Crippen molar-refractivity contribution in [3.05, 3.63) is 77.9 Å². The number of alkyl carbamates (subject to hydrolysis) is 1. The molecule has 0 heterocycles. The molecule has 3 aromatic carbocycles. The molecular formula is C31H39N3O6S. The standard InChI is InChI=1S/C31H39N3O6S/c1-22-13-17-26(18-14-22)41(38,39)34-29(36)27(25-16-15-23-10-7-8-11-24(23)20-25)12-6-5-9-19-32-28(35)21-33-30(37)40-31(2,3)4/h7-8,10-11,13-18,20,27H,5-6,9,12,19,21H2,1-4H3,(H,32,35)(H,33,37)(H,34,36). The third-order valence-corrected chi connectivity index (χ3v) is 7.71. The molecule has 0 radical (unpaired) electrons. The molecule has 0 saturated carbocycles. The summed E-state index contributed by atoms with van der Waals surface area (Å²) in [5.74, 6) is -1.58. The van der Waals surface area contributed by atoms with Crippen LogP contribution in [0.5, 0.6) is 0 Å². The molecule has 0 aromatic heterocycles. The number of sulfonamides is 1. The van der Waals surface area contributed by atoms with Crippen LogP contribution < -0.4 is 15.4 Å². The number of benzene rings is 3. The molecule has 3 rings (SSSR count). The number of amides is 3. The van der Waals surface area contributed by atoms with Gasteiger partial charge < -0.3 is 15.4 Å². The van der Waals surface area contributed by atoms with Gasteiger partial charge in [0.1, 0.15) is 5.60 Å². The summed E-state index contributed by atoms with van der Waals surface area (Å²) in [7, 11) is -4.03. The van der Waals surface area contributed by atoms with Gasteiger partial charge in [-0.15, -0.1) is 0 Å². The molecule has 0 aliphatic carbocycles. The second kappa shape index (κ2) is 14.1. The second-order valence-corrected chi connectivity index (χ2v) is 12.7. The van der Waals surface area contributed by atoms with Gasteiger partial charge in [-0.1, -0.05) is 73.0 Å². The average molecular weight is 582 g/mol. The maximum absolute atomic E-state index is 13.4. The Morgan fingerprint density at radius 3 is 2.22 bits per heavy atom. The lowest BCUT2D eigenvalue weighted by atomic mass is 9.91. The zero-order valence-electron chi connectivity index (χ0n) is 24.0. The summed E-state index contributed by atoms with van der Waals surface area (Å²) >= 11 is 0. The van der Waals surface area contributed by atoms with Gasteiger partial charge in [0.15, 0.2) is 0 Å². The molecule has 0 aliphatic rings. The third-order valence-electron chi connectivity index (χ3n) is 6.34. The molecule has 220 valence electrons. The second-order valence-electron chi connectivity index (χ2n) is 11.0. The Labute approximate surface area is 242 Å². The number of carbonyl (C=O) groups is 3. The van der Waals surface area contributed by atoms with Crippen molar-refractivity contribution in [2.75, 3.05) is 13.1 Å². The first-order valence-electron chi connectivity index (χ1n) is 13.7. The largest absolute Gasteiger partial charge is 0.444 e. The summed E-state index contributed by atoms with van der Waals surface area (Å²) < 4.78 is 33.3. The lowest BCUT2D eigenvalue weighted by molar-refractivity contribution is -0.121. The molecule has 0 bridgehead atoms. The smallest absolute Gasteiger partial charge is 0.408 e. The summed E-state index contributed by atoms with van der Waals surface area (Å²) in [6, 6.07) is 19.8. The first-order valence-corrected chi connectivity index (χ1v) is 15.2. The normalized spacial score (nSPS) is 12.4. The Morgan fingerprint density at radius 1 is 0.854 bits per heavy atom. The number of unbranched alkanes of at least 4 members (excludes halogenated alkanes) is 2. The van der Waals surface area contributed by atoms with Crippen molar-refractivity contribution in [1.82, 2.24) is 15.4 Å². The molecule has 3 amide bonds. The van der Waals surface area contributed by atoms with E-state index in [0.717, 1.165) is 21.9 Å². The lowest BCUT2D eigenvalue weighted by Crippen LogP contribution is -2.39. The molecule has 0 spiro atoms. The van der Waals surface area contributed by atoms with Crippen molar-refractivity contribution in [3.63, 3.8) is 0 Å². The van der Waals surface area contributed by atoms with E-state index in [2.05, 4.69) is 15.4 Å². The van der Waals surface area contributed by atoms with Gasteiger partial charge in [-0.3, -0.25) is 9.59 Å². The highest BCUT2D eigenvalue weighted by molar-refractivity contribution is 7.90. The van der Waals surface area contributed by atoms with E-state index < -0.39 is 33.5 Å². The van der Waals surface area contributed by atoms with Gasteiger partial charge in [0, 0.05) is 6.54 Å². The first kappa shape index (κ1) is 31.6. The fraction of sp³-hybridized carbons (Fsp3) is 0.387. The minimum Gasteiger partial charge on any atom is -0.444 e. The maximum Gasteiger partial charge on any atom is 0.408 e. The van der Waals surface area contributed by atoms with Gasteiger partial charge in [-0.25, -0.2) is 17.9 Å². The van der Waals surface area contributed by atoms with Crippen molar-refractivity contribution >= 4 is 38.7 Å². The Kier molecular flexibility index (Phi) is 10.9. The first-order chi connectivity index (χ1) is 19.3. The van der Waals surface area contributed by atoms with Crippen LogP contribution in [0.4, 0.5) is 4.79 Å². The summed E-state index contributed by atoms with van der Waals surface area (Å²) in [5.41, 5.74) is 1.01. The van der Waals surface area contributed by atoms with Gasteiger partial charge in [0.2, 0.25) is 11.8 Å². The fourth-order valence-corrected chi connectivity index (χ4v) is 5.28. The molecule has 9 nitrogen and oxygen atoms in total. The number of hydrogen-bond acceptors (Lipinski definition) is 6. The van der Waals surface area contributed by atoms with Crippen LogP contribution in [0.25, 0.3) is 10.8 Å². The summed E-state index contributed by atoms with van der Waals surface area (Å²) in [6.07, 6.45) is 1.78. The predicted octanol–water partition coefficient (Wildman–Crippen LogP) is 4.94. The third kappa shape index (κ3) is 10.2. The summed E-state index contributed by atoms with van der Waals surface area (Å²) in [5, 5.41) is 7.16. The van der Waals surface area contributed by atoms with Crippen LogP contribution in [-0.4, -0.2) is 45.0 Å². The highest BCUT2D eigenvalue weighted by Crippen LogP contribution is 2.27. The Balaban J connectivity index is 1.57. The highest BCUT2D eigenvalue weighted by atomic mass is 32.2. The number of carbonyl (C=O) groups excluding carboxylic acids is 3. The van der Waals surface area contributed by atoms with Crippen molar-refractivity contribution in [2.45, 2.75) is 69.8 Å². The maximum atomic E-state index is 13.4. The molecule has 0 saturated heterocycles. The number of rotatable bonds is 12. The minimum absolute atomic E-state index is 0.0330. The van der Waals surface area contributed by atoms with E-state index in [-0.39, 0.29) is 17.3 Å². The van der Waals surface area contributed by atoms with Crippen LogP contribution in [0.1, 0.15) is 63.5 Å². The summed E-state index contributed by atoms with van der Waals surface area (Å²) in [4.78, 5) is 37.1. The number of hydrogen-bond donors (Lipinski definition) is 3. The molecule has 41 heavy (non-hydrogen) atoms. The highest BCUT2D eigenvalue weighted by Gasteiger charge is 2.26. The summed E-state index contributed by atoms with van der Waals surface area (Å²) in [6.45, 7) is 7.30. The predicted molar refractivity (Wildman–Crippen MR) is 159 cm³/mol.